The average molecular weight is 444 g/mol. The average Bonchev–Trinajstić information content (AvgIpc) is 3.20. The van der Waals surface area contributed by atoms with Crippen LogP contribution in [0.25, 0.3) is 0 Å². The molecule has 3 heterocycles. The maximum absolute atomic E-state index is 13.0. The maximum Gasteiger partial charge on any atom is 0.338 e. The number of amidine groups is 1. The Morgan fingerprint density at radius 2 is 1.97 bits per heavy atom. The molecule has 0 radical (unpaired) electrons. The van der Waals surface area contributed by atoms with Gasteiger partial charge in [0.05, 0.1) is 51.2 Å². The second-order valence-corrected chi connectivity index (χ2v) is 8.13. The first-order valence-electron chi connectivity index (χ1n) is 10.1. The molecule has 164 valence electrons. The summed E-state index contributed by atoms with van der Waals surface area (Å²) < 4.78 is 16.1. The number of thioether (sulfide) groups is 1. The minimum atomic E-state index is -0.505. The van der Waals surface area contributed by atoms with Crippen LogP contribution in [-0.2, 0) is 19.1 Å². The lowest BCUT2D eigenvalue weighted by Gasteiger charge is -2.37. The fraction of sp³-hybridized carbons (Fsp3) is 0.409. The predicted octanol–water partition coefficient (Wildman–Crippen LogP) is 2.69. The third-order valence-corrected chi connectivity index (χ3v) is 6.42. The second-order valence-electron chi connectivity index (χ2n) is 7.30. The molecule has 31 heavy (non-hydrogen) atoms. The fourth-order valence-electron chi connectivity index (χ4n) is 4.01. The standard InChI is InChI=1S/C22H25N3O5S/c1-14-19(21(27)29-3)20(16-6-4-5-7-17(16)28-2)25-15(13-31-22(25)23-14)12-18(26)24-8-10-30-11-9-24/h4-7,13,20H,8-12H2,1-3H3/t20-/m1/s1. The highest BCUT2D eigenvalue weighted by atomic mass is 32.2. The highest BCUT2D eigenvalue weighted by Crippen LogP contribution is 2.46. The summed E-state index contributed by atoms with van der Waals surface area (Å²) in [4.78, 5) is 34.2. The van der Waals surface area contributed by atoms with E-state index in [0.29, 0.717) is 43.3 Å². The van der Waals surface area contributed by atoms with Gasteiger partial charge in [0.25, 0.3) is 0 Å². The number of aliphatic imine (C=N–C) groups is 1. The SMILES string of the molecule is COC(=O)C1=C(C)N=C2SC=C(CC(=O)N3CCOCC3)N2[C@@H]1c1ccccc1OC. The number of nitrogens with zero attached hydrogens (tertiary/aromatic N) is 3. The quantitative estimate of drug-likeness (QED) is 0.647. The number of carbonyl (C=O) groups excluding carboxylic acids is 2. The summed E-state index contributed by atoms with van der Waals surface area (Å²) in [5.41, 5.74) is 2.63. The summed E-state index contributed by atoms with van der Waals surface area (Å²) in [5, 5.41) is 2.67. The van der Waals surface area contributed by atoms with Gasteiger partial charge in [-0.15, -0.1) is 0 Å². The van der Waals surface area contributed by atoms with Crippen molar-refractivity contribution >= 4 is 28.8 Å². The van der Waals surface area contributed by atoms with Crippen LogP contribution in [0.3, 0.4) is 0 Å². The Balaban J connectivity index is 1.73. The third kappa shape index (κ3) is 4.07. The number of fused-ring (bicyclic) bond motifs is 1. The van der Waals surface area contributed by atoms with E-state index in [9.17, 15) is 9.59 Å². The van der Waals surface area contributed by atoms with E-state index in [-0.39, 0.29) is 12.3 Å². The van der Waals surface area contributed by atoms with E-state index >= 15 is 0 Å². The van der Waals surface area contributed by atoms with Crippen LogP contribution in [0.15, 0.2) is 51.6 Å². The summed E-state index contributed by atoms with van der Waals surface area (Å²) in [7, 11) is 2.96. The molecular formula is C22H25N3O5S. The Hall–Kier alpha value is -2.78. The molecule has 0 spiro atoms. The maximum atomic E-state index is 13.0. The Labute approximate surface area is 185 Å². The molecule has 1 atom stereocenters. The molecule has 0 N–H and O–H groups in total. The molecule has 1 amide bonds. The number of morpholine rings is 1. The van der Waals surface area contributed by atoms with E-state index < -0.39 is 12.0 Å². The van der Waals surface area contributed by atoms with Crippen LogP contribution < -0.4 is 4.74 Å². The van der Waals surface area contributed by atoms with Crippen molar-refractivity contribution in [3.05, 3.63) is 52.2 Å². The van der Waals surface area contributed by atoms with E-state index in [0.717, 1.165) is 16.4 Å². The number of allylic oxidation sites excluding steroid dienone is 1. The first kappa shape index (κ1) is 21.5. The van der Waals surface area contributed by atoms with Crippen molar-refractivity contribution in [3.63, 3.8) is 0 Å². The molecule has 3 aliphatic rings. The Bertz CT molecular complexity index is 981. The minimum absolute atomic E-state index is 0.0288. The van der Waals surface area contributed by atoms with E-state index in [4.69, 9.17) is 14.2 Å². The van der Waals surface area contributed by atoms with Crippen molar-refractivity contribution in [2.45, 2.75) is 19.4 Å². The topological polar surface area (TPSA) is 80.7 Å². The Morgan fingerprint density at radius 1 is 1.23 bits per heavy atom. The van der Waals surface area contributed by atoms with Crippen molar-refractivity contribution in [2.24, 2.45) is 4.99 Å². The first-order chi connectivity index (χ1) is 15.0. The molecule has 1 saturated heterocycles. The van der Waals surface area contributed by atoms with Crippen LogP contribution in [0.1, 0.15) is 24.9 Å². The van der Waals surface area contributed by atoms with Gasteiger partial charge in [0.15, 0.2) is 5.17 Å². The molecule has 0 saturated carbocycles. The summed E-state index contributed by atoms with van der Waals surface area (Å²) in [6.07, 6.45) is 0.213. The highest BCUT2D eigenvalue weighted by molar-refractivity contribution is 8.16. The van der Waals surface area contributed by atoms with Crippen molar-refractivity contribution in [2.75, 3.05) is 40.5 Å². The van der Waals surface area contributed by atoms with Gasteiger partial charge in [-0.25, -0.2) is 9.79 Å². The second kappa shape index (κ2) is 9.15. The van der Waals surface area contributed by atoms with Crippen molar-refractivity contribution < 1.29 is 23.8 Å². The number of carbonyl (C=O) groups is 2. The van der Waals surface area contributed by atoms with Gasteiger partial charge < -0.3 is 24.0 Å². The van der Waals surface area contributed by atoms with E-state index in [1.54, 1.807) is 14.0 Å². The highest BCUT2D eigenvalue weighted by Gasteiger charge is 2.42. The fourth-order valence-corrected chi connectivity index (χ4v) is 4.97. The molecule has 0 bridgehead atoms. The summed E-state index contributed by atoms with van der Waals surface area (Å²) >= 11 is 1.45. The van der Waals surface area contributed by atoms with Gasteiger partial charge in [-0.3, -0.25) is 4.79 Å². The van der Waals surface area contributed by atoms with Gasteiger partial charge in [-0.2, -0.15) is 0 Å². The van der Waals surface area contributed by atoms with Crippen molar-refractivity contribution in [1.82, 2.24) is 9.80 Å². The number of hydrogen-bond donors (Lipinski definition) is 0. The number of methoxy groups -OCH3 is 2. The lowest BCUT2D eigenvalue weighted by molar-refractivity contribution is -0.136. The number of benzene rings is 1. The minimum Gasteiger partial charge on any atom is -0.496 e. The van der Waals surface area contributed by atoms with Crippen LogP contribution in [0.2, 0.25) is 0 Å². The van der Waals surface area contributed by atoms with E-state index in [1.165, 1.54) is 18.9 Å². The number of amides is 1. The van der Waals surface area contributed by atoms with Crippen LogP contribution in [0.5, 0.6) is 5.75 Å². The molecule has 0 aromatic heterocycles. The van der Waals surface area contributed by atoms with Gasteiger partial charge in [0, 0.05) is 24.4 Å². The van der Waals surface area contributed by atoms with Crippen LogP contribution in [0.4, 0.5) is 0 Å². The molecule has 0 aliphatic carbocycles. The molecular weight excluding hydrogens is 418 g/mol. The molecule has 1 aromatic rings. The lowest BCUT2D eigenvalue weighted by Crippen LogP contribution is -2.42. The van der Waals surface area contributed by atoms with E-state index in [2.05, 4.69) is 4.99 Å². The summed E-state index contributed by atoms with van der Waals surface area (Å²) in [6, 6.07) is 7.06. The van der Waals surface area contributed by atoms with Gasteiger partial charge in [-0.05, 0) is 18.4 Å². The smallest absolute Gasteiger partial charge is 0.338 e. The molecule has 3 aliphatic heterocycles. The largest absolute Gasteiger partial charge is 0.496 e. The molecule has 0 unspecified atom stereocenters. The van der Waals surface area contributed by atoms with Crippen molar-refractivity contribution in [1.29, 1.82) is 0 Å². The van der Waals surface area contributed by atoms with Gasteiger partial charge in [0.1, 0.15) is 5.75 Å². The van der Waals surface area contributed by atoms with Crippen molar-refractivity contribution in [3.8, 4) is 5.75 Å². The number of ether oxygens (including phenoxy) is 3. The van der Waals surface area contributed by atoms with Crippen LogP contribution in [0, 0.1) is 0 Å². The number of para-hydroxylation sites is 1. The number of hydrogen-bond acceptors (Lipinski definition) is 8. The Morgan fingerprint density at radius 3 is 2.68 bits per heavy atom. The lowest BCUT2D eigenvalue weighted by atomic mass is 9.93. The zero-order chi connectivity index (χ0) is 22.0. The third-order valence-electron chi connectivity index (χ3n) is 5.54. The number of rotatable bonds is 5. The van der Waals surface area contributed by atoms with Gasteiger partial charge in [0.2, 0.25) is 5.91 Å². The zero-order valence-electron chi connectivity index (χ0n) is 17.8. The van der Waals surface area contributed by atoms with Crippen LogP contribution in [-0.4, -0.2) is 67.4 Å². The zero-order valence-corrected chi connectivity index (χ0v) is 18.6. The van der Waals surface area contributed by atoms with Crippen LogP contribution >= 0.6 is 11.8 Å². The predicted molar refractivity (Wildman–Crippen MR) is 117 cm³/mol. The van der Waals surface area contributed by atoms with E-state index in [1.807, 2.05) is 39.5 Å². The monoisotopic (exact) mass is 443 g/mol. The molecule has 4 rings (SSSR count). The summed E-state index contributed by atoms with van der Waals surface area (Å²) in [6.45, 7) is 4.07. The molecule has 8 nitrogen and oxygen atoms in total. The molecule has 9 heteroatoms. The van der Waals surface area contributed by atoms with Gasteiger partial charge in [-0.1, -0.05) is 30.0 Å². The molecule has 1 aromatic carbocycles. The summed E-state index contributed by atoms with van der Waals surface area (Å²) in [5.74, 6) is 0.228. The Kier molecular flexibility index (Phi) is 6.33. The first-order valence-corrected chi connectivity index (χ1v) is 10.9. The molecule has 1 fully saturated rings. The van der Waals surface area contributed by atoms with Gasteiger partial charge >= 0.3 is 5.97 Å². The number of esters is 1. The normalized spacial score (nSPS) is 20.8.